The third kappa shape index (κ3) is 6.35. The van der Waals surface area contributed by atoms with E-state index in [1.54, 1.807) is 30.5 Å². The van der Waals surface area contributed by atoms with Crippen LogP contribution in [0.2, 0.25) is 0 Å². The summed E-state index contributed by atoms with van der Waals surface area (Å²) in [6.07, 6.45) is 1.78. The topological polar surface area (TPSA) is 125 Å². The summed E-state index contributed by atoms with van der Waals surface area (Å²) in [5.41, 5.74) is 1.19. The molecule has 0 spiro atoms. The molecule has 0 fully saturated rings. The van der Waals surface area contributed by atoms with Gasteiger partial charge in [-0.3, -0.25) is 14.4 Å². The zero-order valence-corrected chi connectivity index (χ0v) is 17.7. The number of hydrogen-bond acceptors (Lipinski definition) is 9. The molecule has 30 heavy (non-hydrogen) atoms. The van der Waals surface area contributed by atoms with Crippen molar-refractivity contribution in [3.8, 4) is 17.3 Å². The minimum Gasteiger partial charge on any atom is -0.464 e. The van der Waals surface area contributed by atoms with Gasteiger partial charge in [0.1, 0.15) is 24.8 Å². The van der Waals surface area contributed by atoms with E-state index < -0.39 is 5.56 Å². The third-order valence-electron chi connectivity index (χ3n) is 4.04. The van der Waals surface area contributed by atoms with Crippen LogP contribution in [0.4, 0.5) is 5.69 Å². The van der Waals surface area contributed by atoms with Crippen molar-refractivity contribution < 1.29 is 19.1 Å². The van der Waals surface area contributed by atoms with Crippen LogP contribution in [0.15, 0.2) is 34.2 Å². The van der Waals surface area contributed by atoms with Crippen molar-refractivity contribution in [2.24, 2.45) is 0 Å². The number of aromatic amines is 1. The molecule has 2 aromatic rings. The van der Waals surface area contributed by atoms with Crippen molar-refractivity contribution in [3.05, 3.63) is 40.2 Å². The van der Waals surface area contributed by atoms with E-state index >= 15 is 0 Å². The monoisotopic (exact) mass is 430 g/mol. The quantitative estimate of drug-likeness (QED) is 0.361. The summed E-state index contributed by atoms with van der Waals surface area (Å²) in [4.78, 5) is 43.0. The molecule has 1 N–H and O–H groups in total. The second kappa shape index (κ2) is 11.0. The first kappa shape index (κ1) is 23.0. The number of nitrogens with zero attached hydrogens (tertiary/aromatic N) is 3. The van der Waals surface area contributed by atoms with Gasteiger partial charge in [-0.05, 0) is 18.4 Å². The van der Waals surface area contributed by atoms with Crippen molar-refractivity contribution in [1.82, 2.24) is 9.97 Å². The van der Waals surface area contributed by atoms with Crippen LogP contribution in [0.25, 0.3) is 11.3 Å². The Morgan fingerprint density at radius 1 is 1.13 bits per heavy atom. The zero-order chi connectivity index (χ0) is 22.1. The van der Waals surface area contributed by atoms with Gasteiger partial charge in [0.25, 0.3) is 5.56 Å². The van der Waals surface area contributed by atoms with Gasteiger partial charge < -0.3 is 19.4 Å². The highest BCUT2D eigenvalue weighted by atomic mass is 32.2. The number of benzene rings is 1. The lowest BCUT2D eigenvalue weighted by Gasteiger charge is -2.24. The largest absolute Gasteiger partial charge is 0.464 e. The normalized spacial score (nSPS) is 10.2. The summed E-state index contributed by atoms with van der Waals surface area (Å²) in [6.45, 7) is 3.85. The SMILES string of the molecule is CSc1nc(-c2ccc(N(CCOC(C)=O)CCOC(C)=O)cc2)c(C#N)c(=O)[nH]1. The van der Waals surface area contributed by atoms with Crippen molar-refractivity contribution in [1.29, 1.82) is 5.26 Å². The van der Waals surface area contributed by atoms with Crippen LogP contribution in [0.5, 0.6) is 0 Å². The van der Waals surface area contributed by atoms with Gasteiger partial charge >= 0.3 is 11.9 Å². The number of nitriles is 1. The fraction of sp³-hybridized carbons (Fsp3) is 0.350. The van der Waals surface area contributed by atoms with E-state index in [4.69, 9.17) is 9.47 Å². The molecule has 0 aliphatic carbocycles. The average Bonchev–Trinajstić information content (AvgIpc) is 2.71. The van der Waals surface area contributed by atoms with Gasteiger partial charge in [-0.1, -0.05) is 23.9 Å². The molecule has 0 atom stereocenters. The third-order valence-corrected chi connectivity index (χ3v) is 4.62. The lowest BCUT2D eigenvalue weighted by molar-refractivity contribution is -0.141. The lowest BCUT2D eigenvalue weighted by atomic mass is 10.1. The number of thioether (sulfide) groups is 1. The maximum absolute atomic E-state index is 12.1. The zero-order valence-electron chi connectivity index (χ0n) is 16.9. The Hall–Kier alpha value is -3.32. The molecule has 0 saturated heterocycles. The predicted octanol–water partition coefficient (Wildman–Crippen LogP) is 1.96. The first-order valence-electron chi connectivity index (χ1n) is 9.06. The molecule has 0 aliphatic heterocycles. The molecule has 0 saturated carbocycles. The molecule has 1 aromatic heterocycles. The van der Waals surface area contributed by atoms with E-state index in [0.717, 1.165) is 5.69 Å². The van der Waals surface area contributed by atoms with Gasteiger partial charge in [0.2, 0.25) is 0 Å². The summed E-state index contributed by atoms with van der Waals surface area (Å²) < 4.78 is 10.0. The van der Waals surface area contributed by atoms with Crippen LogP contribution in [0.1, 0.15) is 19.4 Å². The van der Waals surface area contributed by atoms with E-state index in [0.29, 0.717) is 29.5 Å². The fourth-order valence-electron chi connectivity index (χ4n) is 2.66. The maximum Gasteiger partial charge on any atom is 0.302 e. The second-order valence-corrected chi connectivity index (χ2v) is 6.92. The van der Waals surface area contributed by atoms with Crippen LogP contribution in [-0.4, -0.2) is 54.5 Å². The summed E-state index contributed by atoms with van der Waals surface area (Å²) in [5, 5.41) is 9.76. The summed E-state index contributed by atoms with van der Waals surface area (Å²) in [7, 11) is 0. The minimum atomic E-state index is -0.486. The first-order chi connectivity index (χ1) is 14.3. The Labute approximate surface area is 178 Å². The lowest BCUT2D eigenvalue weighted by Crippen LogP contribution is -2.31. The predicted molar refractivity (Wildman–Crippen MR) is 112 cm³/mol. The second-order valence-electron chi connectivity index (χ2n) is 6.12. The number of nitrogens with one attached hydrogen (secondary N) is 1. The van der Waals surface area contributed by atoms with Crippen LogP contribution in [0.3, 0.4) is 0 Å². The summed E-state index contributed by atoms with van der Waals surface area (Å²) in [6, 6.07) is 9.03. The van der Waals surface area contributed by atoms with E-state index in [9.17, 15) is 19.6 Å². The van der Waals surface area contributed by atoms with Crippen molar-refractivity contribution in [2.75, 3.05) is 37.5 Å². The van der Waals surface area contributed by atoms with E-state index in [-0.39, 0.29) is 30.7 Å². The standard InChI is InChI=1S/C20H22N4O5S/c1-13(25)28-10-8-24(9-11-29-14(2)26)16-6-4-15(5-7-16)18-17(12-21)19(27)23-20(22-18)30-3/h4-7H,8-11H2,1-3H3,(H,22,23,27). The fourth-order valence-corrected chi connectivity index (χ4v) is 3.04. The van der Waals surface area contributed by atoms with Crippen LogP contribution >= 0.6 is 11.8 Å². The number of aromatic nitrogens is 2. The molecule has 1 aromatic carbocycles. The van der Waals surface area contributed by atoms with E-state index in [1.165, 1.54) is 25.6 Å². The van der Waals surface area contributed by atoms with Gasteiger partial charge in [-0.25, -0.2) is 4.98 Å². The Morgan fingerprint density at radius 3 is 2.17 bits per heavy atom. The molecule has 2 rings (SSSR count). The molecular weight excluding hydrogens is 408 g/mol. The van der Waals surface area contributed by atoms with Crippen molar-refractivity contribution in [3.63, 3.8) is 0 Å². The first-order valence-corrected chi connectivity index (χ1v) is 10.3. The molecule has 0 amide bonds. The number of hydrogen-bond donors (Lipinski definition) is 1. The Bertz CT molecular complexity index is 978. The smallest absolute Gasteiger partial charge is 0.302 e. The number of carbonyl (C=O) groups is 2. The number of esters is 2. The molecule has 158 valence electrons. The Morgan fingerprint density at radius 2 is 1.70 bits per heavy atom. The molecule has 0 unspecified atom stereocenters. The number of ether oxygens (including phenoxy) is 2. The molecule has 0 bridgehead atoms. The molecule has 1 heterocycles. The van der Waals surface area contributed by atoms with E-state index in [2.05, 4.69) is 9.97 Å². The maximum atomic E-state index is 12.1. The van der Waals surface area contributed by atoms with Gasteiger partial charge in [-0.2, -0.15) is 5.26 Å². The highest BCUT2D eigenvalue weighted by molar-refractivity contribution is 7.98. The number of anilines is 1. The van der Waals surface area contributed by atoms with Crippen LogP contribution in [0, 0.1) is 11.3 Å². The summed E-state index contributed by atoms with van der Waals surface area (Å²) in [5.74, 6) is -0.751. The Kier molecular flexibility index (Phi) is 8.43. The van der Waals surface area contributed by atoms with Crippen molar-refractivity contribution in [2.45, 2.75) is 19.0 Å². The van der Waals surface area contributed by atoms with Gasteiger partial charge in [0.15, 0.2) is 5.16 Å². The van der Waals surface area contributed by atoms with Gasteiger partial charge in [-0.15, -0.1) is 0 Å². The number of carbonyl (C=O) groups excluding carboxylic acids is 2. The van der Waals surface area contributed by atoms with Crippen LogP contribution < -0.4 is 10.5 Å². The highest BCUT2D eigenvalue weighted by Gasteiger charge is 2.14. The van der Waals surface area contributed by atoms with Gasteiger partial charge in [0.05, 0.1) is 18.8 Å². The van der Waals surface area contributed by atoms with Crippen molar-refractivity contribution >= 4 is 29.4 Å². The molecular formula is C20H22N4O5S. The van der Waals surface area contributed by atoms with Crippen LogP contribution in [-0.2, 0) is 19.1 Å². The highest BCUT2D eigenvalue weighted by Crippen LogP contribution is 2.24. The minimum absolute atomic E-state index is 0.0536. The molecule has 0 aliphatic rings. The molecule has 10 heteroatoms. The average molecular weight is 430 g/mol. The Balaban J connectivity index is 2.28. The number of rotatable bonds is 9. The van der Waals surface area contributed by atoms with E-state index in [1.807, 2.05) is 11.0 Å². The molecule has 0 radical (unpaired) electrons. The summed E-state index contributed by atoms with van der Waals surface area (Å²) >= 11 is 1.27. The molecule has 9 nitrogen and oxygen atoms in total. The van der Waals surface area contributed by atoms with Gasteiger partial charge in [0, 0.05) is 25.1 Å². The number of H-pyrrole nitrogens is 1.